The summed E-state index contributed by atoms with van der Waals surface area (Å²) in [7, 11) is 0. The van der Waals surface area contributed by atoms with Gasteiger partial charge in [-0.15, -0.1) is 0 Å². The number of fused-ring (bicyclic) bond motifs is 1. The molecule has 200 valence electrons. The minimum Gasteiger partial charge on any atom is -0.454 e. The normalized spacial score (nSPS) is 38.5. The first-order valence-corrected chi connectivity index (χ1v) is 10.7. The Hall–Kier alpha value is -1.70. The molecule has 0 aromatic heterocycles. The molecule has 35 heavy (non-hydrogen) atoms. The molecule has 1 aromatic rings. The van der Waals surface area contributed by atoms with Gasteiger partial charge >= 0.3 is 0 Å². The van der Waals surface area contributed by atoms with Crippen LogP contribution in [0.3, 0.4) is 0 Å². The lowest BCUT2D eigenvalue weighted by atomic mass is 9.97. The molecule has 3 aliphatic rings. The molecule has 0 spiro atoms. The molecule has 0 saturated carbocycles. The fraction of sp³-hybridized carbons (Fsp3) is 0.700. The van der Waals surface area contributed by atoms with Crippen LogP contribution in [0.5, 0.6) is 11.5 Å². The second kappa shape index (κ2) is 12.5. The molecular weight excluding hydrogens is 478 g/mol. The maximum Gasteiger partial charge on any atom is 0.231 e. The van der Waals surface area contributed by atoms with Crippen LogP contribution in [0.4, 0.5) is 0 Å². The third-order valence-electron chi connectivity index (χ3n) is 5.70. The van der Waals surface area contributed by atoms with Crippen molar-refractivity contribution in [1.29, 1.82) is 0 Å². The van der Waals surface area contributed by atoms with Crippen LogP contribution in [0.15, 0.2) is 18.2 Å². The number of rotatable bonds is 6. The van der Waals surface area contributed by atoms with Crippen molar-refractivity contribution in [3.8, 4) is 11.5 Å². The molecule has 15 heteroatoms. The van der Waals surface area contributed by atoms with Crippen molar-refractivity contribution in [1.82, 2.24) is 5.48 Å². The summed E-state index contributed by atoms with van der Waals surface area (Å²) in [5.41, 5.74) is 3.04. The van der Waals surface area contributed by atoms with E-state index in [0.29, 0.717) is 6.54 Å². The average Bonchev–Trinajstić information content (AvgIpc) is 3.33. The van der Waals surface area contributed by atoms with Crippen LogP contribution in [-0.4, -0.2) is 127 Å². The molecular formula is C20H31NO14. The number of hydrogen-bond donors (Lipinski definition) is 10. The summed E-state index contributed by atoms with van der Waals surface area (Å²) in [5, 5.41) is 84.9. The number of hydroxylamine groups is 1. The van der Waals surface area contributed by atoms with E-state index in [0.717, 1.165) is 17.1 Å². The summed E-state index contributed by atoms with van der Waals surface area (Å²) in [4.78, 5) is 0. The molecule has 0 unspecified atom stereocenters. The van der Waals surface area contributed by atoms with E-state index >= 15 is 0 Å². The van der Waals surface area contributed by atoms with Gasteiger partial charge in [-0.2, -0.15) is 0 Å². The highest BCUT2D eigenvalue weighted by Gasteiger charge is 2.50. The molecule has 2 fully saturated rings. The Morgan fingerprint density at radius 1 is 0.800 bits per heavy atom. The number of ether oxygens (including phenoxy) is 5. The molecule has 3 aliphatic heterocycles. The van der Waals surface area contributed by atoms with Gasteiger partial charge in [0.1, 0.15) is 48.8 Å². The smallest absolute Gasteiger partial charge is 0.231 e. The second-order valence-corrected chi connectivity index (χ2v) is 8.05. The zero-order chi connectivity index (χ0) is 25.7. The lowest BCUT2D eigenvalue weighted by Crippen LogP contribution is -2.64. The predicted octanol–water partition coefficient (Wildman–Crippen LogP) is -4.50. The fourth-order valence-electron chi connectivity index (χ4n) is 3.71. The molecule has 0 radical (unpaired) electrons. The molecule has 10 atom stereocenters. The molecule has 4 rings (SSSR count). The molecule has 10 N–H and O–H groups in total. The summed E-state index contributed by atoms with van der Waals surface area (Å²) < 4.78 is 25.5. The molecule has 3 heterocycles. The van der Waals surface area contributed by atoms with E-state index in [-0.39, 0.29) is 6.79 Å². The van der Waals surface area contributed by atoms with Crippen LogP contribution >= 0.6 is 0 Å². The number of aliphatic hydroxyl groups is 8. The molecule has 2 saturated heterocycles. The van der Waals surface area contributed by atoms with Crippen LogP contribution in [0, 0.1) is 0 Å². The lowest BCUT2D eigenvalue weighted by Gasteiger charge is -2.45. The van der Waals surface area contributed by atoms with Gasteiger partial charge in [-0.3, -0.25) is 0 Å². The zero-order valence-corrected chi connectivity index (χ0v) is 18.4. The van der Waals surface area contributed by atoms with Gasteiger partial charge in [0, 0.05) is 6.54 Å². The minimum absolute atomic E-state index is 0.283. The third-order valence-corrected chi connectivity index (χ3v) is 5.70. The molecule has 0 bridgehead atoms. The Balaban J connectivity index is 0.000000237. The third kappa shape index (κ3) is 6.36. The van der Waals surface area contributed by atoms with E-state index in [1.165, 1.54) is 0 Å². The first kappa shape index (κ1) is 27.9. The second-order valence-electron chi connectivity index (χ2n) is 8.05. The van der Waals surface area contributed by atoms with E-state index < -0.39 is 74.6 Å². The Kier molecular flexibility index (Phi) is 9.96. The minimum atomic E-state index is -1.74. The fourth-order valence-corrected chi connectivity index (χ4v) is 3.71. The van der Waals surface area contributed by atoms with Gasteiger partial charge in [0.15, 0.2) is 24.1 Å². The maximum atomic E-state index is 9.94. The van der Waals surface area contributed by atoms with Gasteiger partial charge in [0.05, 0.1) is 13.2 Å². The van der Waals surface area contributed by atoms with Gasteiger partial charge in [0.25, 0.3) is 0 Å². The lowest BCUT2D eigenvalue weighted by molar-refractivity contribution is -0.355. The van der Waals surface area contributed by atoms with Crippen molar-refractivity contribution in [2.45, 2.75) is 68.0 Å². The Morgan fingerprint density at radius 2 is 1.49 bits per heavy atom. The standard InChI is InChI=1S/C12H22O11.C8H9NO3/c13-1-3-5(15)6(16)9(19)12(22-3)23-10-4(2-14)21-11(20)8(18)7(10)17;10-9-4-6-1-2-7-8(3-6)12-5-11-7/h3-20H,1-2H2;1-3,9-10H,4-5H2/t3-,4-,5+,6+,7-,8-,9-,10-,11-,12+;/m1./s1. The Morgan fingerprint density at radius 3 is 2.14 bits per heavy atom. The summed E-state index contributed by atoms with van der Waals surface area (Å²) in [6.45, 7) is -0.649. The van der Waals surface area contributed by atoms with Crippen LogP contribution in [0.2, 0.25) is 0 Å². The first-order valence-electron chi connectivity index (χ1n) is 10.7. The maximum absolute atomic E-state index is 9.94. The van der Waals surface area contributed by atoms with Gasteiger partial charge in [-0.1, -0.05) is 6.07 Å². The highest BCUT2D eigenvalue weighted by Crippen LogP contribution is 2.32. The van der Waals surface area contributed by atoms with Crippen LogP contribution in [0.1, 0.15) is 5.56 Å². The first-order chi connectivity index (χ1) is 16.7. The van der Waals surface area contributed by atoms with Crippen LogP contribution < -0.4 is 15.0 Å². The van der Waals surface area contributed by atoms with E-state index in [9.17, 15) is 35.7 Å². The van der Waals surface area contributed by atoms with Crippen molar-refractivity contribution in [2.24, 2.45) is 0 Å². The molecule has 0 amide bonds. The SMILES string of the molecule is OC[C@H]1O[C@@H](O[C@H]2[C@H](O)[C@@H](O)[C@H](O)O[C@@H]2CO)[C@H](O)[C@@H](O)[C@H]1O.ONCc1ccc2c(c1)OCO2. The molecule has 15 nitrogen and oxygen atoms in total. The summed E-state index contributed by atoms with van der Waals surface area (Å²) in [6, 6.07) is 5.54. The van der Waals surface area contributed by atoms with E-state index in [2.05, 4.69) is 5.48 Å². The summed E-state index contributed by atoms with van der Waals surface area (Å²) >= 11 is 0. The van der Waals surface area contributed by atoms with E-state index in [1.54, 1.807) is 0 Å². The summed E-state index contributed by atoms with van der Waals surface area (Å²) in [6.07, 6.45) is -15.6. The quantitative estimate of drug-likeness (QED) is 0.163. The van der Waals surface area contributed by atoms with Gasteiger partial charge in [-0.25, -0.2) is 5.48 Å². The number of hydrogen-bond acceptors (Lipinski definition) is 15. The highest BCUT2D eigenvalue weighted by atomic mass is 16.7. The van der Waals surface area contributed by atoms with Crippen LogP contribution in [0.25, 0.3) is 0 Å². The van der Waals surface area contributed by atoms with Crippen molar-refractivity contribution >= 4 is 0 Å². The van der Waals surface area contributed by atoms with Gasteiger partial charge in [-0.05, 0) is 17.7 Å². The topological polar surface area (TPSA) is 240 Å². The average molecular weight is 509 g/mol. The molecule has 1 aromatic carbocycles. The van der Waals surface area contributed by atoms with Crippen LogP contribution in [-0.2, 0) is 20.8 Å². The highest BCUT2D eigenvalue weighted by molar-refractivity contribution is 5.44. The number of nitrogens with one attached hydrogen (secondary N) is 1. The van der Waals surface area contributed by atoms with E-state index in [4.69, 9.17) is 34.0 Å². The van der Waals surface area contributed by atoms with Crippen molar-refractivity contribution < 1.29 is 69.7 Å². The Bertz CT molecular complexity index is 797. The number of benzene rings is 1. The molecule has 0 aliphatic carbocycles. The van der Waals surface area contributed by atoms with Crippen molar-refractivity contribution in [3.63, 3.8) is 0 Å². The predicted molar refractivity (Wildman–Crippen MR) is 110 cm³/mol. The summed E-state index contributed by atoms with van der Waals surface area (Å²) in [5.74, 6) is 1.50. The van der Waals surface area contributed by atoms with Crippen molar-refractivity contribution in [3.05, 3.63) is 23.8 Å². The number of aliphatic hydroxyl groups excluding tert-OH is 8. The monoisotopic (exact) mass is 509 g/mol. The zero-order valence-electron chi connectivity index (χ0n) is 18.4. The van der Waals surface area contributed by atoms with E-state index in [1.807, 2.05) is 18.2 Å². The van der Waals surface area contributed by atoms with Crippen molar-refractivity contribution in [2.75, 3.05) is 20.0 Å². The van der Waals surface area contributed by atoms with Gasteiger partial charge < -0.3 is 69.7 Å². The Labute approximate surface area is 199 Å². The largest absolute Gasteiger partial charge is 0.454 e. The van der Waals surface area contributed by atoms with Gasteiger partial charge in [0.2, 0.25) is 6.79 Å².